The molecular formula is C13H16BrN5O5. The van der Waals surface area contributed by atoms with Crippen molar-refractivity contribution in [3.05, 3.63) is 16.0 Å². The van der Waals surface area contributed by atoms with Crippen LogP contribution in [0, 0.1) is 6.92 Å². The van der Waals surface area contributed by atoms with Gasteiger partial charge in [-0.15, -0.1) is 0 Å². The highest BCUT2D eigenvalue weighted by Crippen LogP contribution is 2.39. The van der Waals surface area contributed by atoms with Crippen molar-refractivity contribution in [3.63, 3.8) is 0 Å². The van der Waals surface area contributed by atoms with Crippen molar-refractivity contribution in [2.24, 2.45) is 5.73 Å². The van der Waals surface area contributed by atoms with E-state index in [1.807, 2.05) is 0 Å². The highest BCUT2D eigenvalue weighted by molar-refractivity contribution is 9.10. The zero-order valence-electron chi connectivity index (χ0n) is 12.5. The average Bonchev–Trinajstić information content (AvgIpc) is 2.94. The van der Waals surface area contributed by atoms with Gasteiger partial charge in [-0.05, 0) is 22.9 Å². The Morgan fingerprint density at radius 1 is 1.38 bits per heavy atom. The van der Waals surface area contributed by atoms with E-state index in [0.717, 1.165) is 0 Å². The zero-order valence-corrected chi connectivity index (χ0v) is 14.1. The molecule has 10 nitrogen and oxygen atoms in total. The summed E-state index contributed by atoms with van der Waals surface area (Å²) in [5, 5.41) is 29.7. The maximum atomic E-state index is 11.8. The van der Waals surface area contributed by atoms with Gasteiger partial charge < -0.3 is 31.5 Å². The molecule has 2 aromatic rings. The first-order valence-corrected chi connectivity index (χ1v) is 7.83. The molecule has 0 spiro atoms. The molecule has 0 aliphatic carbocycles. The number of nitrogen functional groups attached to an aromatic ring is 1. The standard InChI is InChI=1S/C13H16BrN5O5/c1-3-17-10(15)6-5(11(16)23)9(14)19(12(6)18-3)13-8(22)7(21)4(2-20)24-13/h4,7-8,13,20-22H,2H2,1H3,(H2,16,23)(H2,15,17,18)/t4-,7-,8-,13-/m1/s1. The number of aryl methyl sites for hydroxylation is 1. The predicted octanol–water partition coefficient (Wildman–Crippen LogP) is -1.21. The number of aliphatic hydroxyl groups excluding tert-OH is 3. The van der Waals surface area contributed by atoms with Crippen molar-refractivity contribution >= 4 is 38.7 Å². The van der Waals surface area contributed by atoms with E-state index < -0.39 is 37.1 Å². The minimum absolute atomic E-state index is 0.0419. The number of carbonyl (C=O) groups is 1. The number of amides is 1. The monoisotopic (exact) mass is 401 g/mol. The molecular weight excluding hydrogens is 386 g/mol. The third kappa shape index (κ3) is 2.36. The minimum Gasteiger partial charge on any atom is -0.394 e. The number of rotatable bonds is 3. The van der Waals surface area contributed by atoms with Crippen molar-refractivity contribution in [1.29, 1.82) is 0 Å². The van der Waals surface area contributed by atoms with E-state index in [4.69, 9.17) is 16.2 Å². The highest BCUT2D eigenvalue weighted by Gasteiger charge is 2.45. The molecule has 0 unspecified atom stereocenters. The van der Waals surface area contributed by atoms with Gasteiger partial charge in [0, 0.05) is 0 Å². The van der Waals surface area contributed by atoms with Crippen LogP contribution < -0.4 is 11.5 Å². The summed E-state index contributed by atoms with van der Waals surface area (Å²) >= 11 is 3.26. The number of halogens is 1. The number of nitrogens with zero attached hydrogens (tertiary/aromatic N) is 3. The third-order valence-electron chi connectivity index (χ3n) is 3.94. The van der Waals surface area contributed by atoms with Gasteiger partial charge in [0.1, 0.15) is 40.2 Å². The Labute approximate surface area is 144 Å². The lowest BCUT2D eigenvalue weighted by atomic mass is 10.1. The normalized spacial score (nSPS) is 27.0. The van der Waals surface area contributed by atoms with Crippen molar-refractivity contribution in [2.45, 2.75) is 31.5 Å². The Bertz CT molecular complexity index is 825. The topological polar surface area (TPSA) is 170 Å². The molecule has 4 atom stereocenters. The summed E-state index contributed by atoms with van der Waals surface area (Å²) in [4.78, 5) is 20.1. The SMILES string of the molecule is Cc1nc(N)c2c(C(N)=O)c(Br)n([C@@H]3O[C@H](CO)[C@@H](O)[C@H]3O)c2n1. The molecule has 0 radical (unpaired) electrons. The second-order valence-electron chi connectivity index (χ2n) is 5.48. The fraction of sp³-hybridized carbons (Fsp3) is 0.462. The molecule has 0 bridgehead atoms. The van der Waals surface area contributed by atoms with Crippen molar-refractivity contribution in [1.82, 2.24) is 14.5 Å². The Kier molecular flexibility index (Phi) is 4.21. The molecule has 3 heterocycles. The summed E-state index contributed by atoms with van der Waals surface area (Å²) in [7, 11) is 0. The van der Waals surface area contributed by atoms with Crippen LogP contribution in [-0.4, -0.2) is 60.7 Å². The molecule has 1 fully saturated rings. The van der Waals surface area contributed by atoms with Crippen LogP contribution in [-0.2, 0) is 4.74 Å². The average molecular weight is 402 g/mol. The Balaban J connectivity index is 2.29. The number of anilines is 1. The predicted molar refractivity (Wildman–Crippen MR) is 85.9 cm³/mol. The second-order valence-corrected chi connectivity index (χ2v) is 6.23. The molecule has 0 aromatic carbocycles. The number of hydrogen-bond acceptors (Lipinski definition) is 8. The quantitative estimate of drug-likeness (QED) is 0.426. The summed E-state index contributed by atoms with van der Waals surface area (Å²) < 4.78 is 7.06. The summed E-state index contributed by atoms with van der Waals surface area (Å²) in [6.45, 7) is 1.13. The van der Waals surface area contributed by atoms with Gasteiger partial charge in [-0.1, -0.05) is 0 Å². The van der Waals surface area contributed by atoms with E-state index in [-0.39, 0.29) is 27.0 Å². The van der Waals surface area contributed by atoms with Gasteiger partial charge in [-0.3, -0.25) is 9.36 Å². The number of fused-ring (bicyclic) bond motifs is 1. The highest BCUT2D eigenvalue weighted by atomic mass is 79.9. The number of aliphatic hydroxyl groups is 3. The lowest BCUT2D eigenvalue weighted by Gasteiger charge is -2.18. The molecule has 2 aromatic heterocycles. The van der Waals surface area contributed by atoms with Crippen LogP contribution in [0.1, 0.15) is 22.4 Å². The van der Waals surface area contributed by atoms with Crippen molar-refractivity contribution in [3.8, 4) is 0 Å². The second kappa shape index (κ2) is 5.93. The number of ether oxygens (including phenoxy) is 1. The van der Waals surface area contributed by atoms with Gasteiger partial charge in [-0.25, -0.2) is 9.97 Å². The van der Waals surface area contributed by atoms with E-state index in [0.29, 0.717) is 5.82 Å². The molecule has 1 amide bonds. The molecule has 11 heteroatoms. The summed E-state index contributed by atoms with van der Waals surface area (Å²) in [6.07, 6.45) is -4.74. The van der Waals surface area contributed by atoms with Crippen LogP contribution in [0.25, 0.3) is 11.0 Å². The number of nitrogens with two attached hydrogens (primary N) is 2. The molecule has 1 saturated heterocycles. The number of primary amides is 1. The van der Waals surface area contributed by atoms with Crippen LogP contribution in [0.15, 0.2) is 4.60 Å². The molecule has 1 aliphatic rings. The number of hydrogen-bond donors (Lipinski definition) is 5. The molecule has 3 rings (SSSR count). The van der Waals surface area contributed by atoms with Crippen LogP contribution in [0.2, 0.25) is 0 Å². The van der Waals surface area contributed by atoms with E-state index in [9.17, 15) is 20.1 Å². The lowest BCUT2D eigenvalue weighted by Crippen LogP contribution is -2.33. The first kappa shape index (κ1) is 17.0. The largest absolute Gasteiger partial charge is 0.394 e. The van der Waals surface area contributed by atoms with E-state index in [1.54, 1.807) is 6.92 Å². The fourth-order valence-electron chi connectivity index (χ4n) is 2.86. The number of carbonyl (C=O) groups excluding carboxylic acids is 1. The summed E-state index contributed by atoms with van der Waals surface area (Å²) in [5.74, 6) is -0.372. The molecule has 7 N–H and O–H groups in total. The maximum Gasteiger partial charge on any atom is 0.252 e. The van der Waals surface area contributed by atoms with Crippen molar-refractivity contribution < 1.29 is 24.9 Å². The lowest BCUT2D eigenvalue weighted by molar-refractivity contribution is -0.0518. The smallest absolute Gasteiger partial charge is 0.252 e. The summed E-state index contributed by atoms with van der Waals surface area (Å²) in [5.41, 5.74) is 11.6. The molecule has 24 heavy (non-hydrogen) atoms. The minimum atomic E-state index is -1.36. The number of aromatic nitrogens is 3. The molecule has 130 valence electrons. The van der Waals surface area contributed by atoms with Crippen LogP contribution >= 0.6 is 15.9 Å². The van der Waals surface area contributed by atoms with Crippen LogP contribution in [0.4, 0.5) is 5.82 Å². The van der Waals surface area contributed by atoms with Gasteiger partial charge in [0.2, 0.25) is 0 Å². The molecule has 0 saturated carbocycles. The maximum absolute atomic E-state index is 11.8. The first-order valence-electron chi connectivity index (χ1n) is 7.03. The van der Waals surface area contributed by atoms with Gasteiger partial charge in [0.25, 0.3) is 5.91 Å². The van der Waals surface area contributed by atoms with Gasteiger partial charge in [0.15, 0.2) is 6.23 Å². The third-order valence-corrected chi connectivity index (χ3v) is 4.72. The Hall–Kier alpha value is -1.79. The fourth-order valence-corrected chi connectivity index (χ4v) is 3.62. The Morgan fingerprint density at radius 2 is 2.04 bits per heavy atom. The Morgan fingerprint density at radius 3 is 2.58 bits per heavy atom. The van der Waals surface area contributed by atoms with Crippen LogP contribution in [0.5, 0.6) is 0 Å². The van der Waals surface area contributed by atoms with E-state index >= 15 is 0 Å². The van der Waals surface area contributed by atoms with E-state index in [1.165, 1.54) is 4.57 Å². The van der Waals surface area contributed by atoms with E-state index in [2.05, 4.69) is 25.9 Å². The molecule has 1 aliphatic heterocycles. The van der Waals surface area contributed by atoms with Gasteiger partial charge >= 0.3 is 0 Å². The van der Waals surface area contributed by atoms with Gasteiger partial charge in [-0.2, -0.15) is 0 Å². The summed E-state index contributed by atoms with van der Waals surface area (Å²) in [6, 6.07) is 0. The van der Waals surface area contributed by atoms with Crippen molar-refractivity contribution in [2.75, 3.05) is 12.3 Å². The van der Waals surface area contributed by atoms with Crippen LogP contribution in [0.3, 0.4) is 0 Å². The first-order chi connectivity index (χ1) is 11.3. The van der Waals surface area contributed by atoms with Gasteiger partial charge in [0.05, 0.1) is 17.6 Å². The zero-order chi connectivity index (χ0) is 17.8.